The number of hydrogen-bond acceptors (Lipinski definition) is 49. The molecule has 15 aliphatic heterocycles. The minimum atomic E-state index is -2.03. The molecular weight excluding hydrogens is 1610 g/mol. The number of hydrogen-bond donors (Lipinski definition) is 21. The van der Waals surface area contributed by atoms with E-state index in [1.807, 2.05) is 0 Å². The molecule has 0 unspecified atom stereocenters. The van der Waals surface area contributed by atoms with E-state index in [0.29, 0.717) is 0 Å². The molecule has 14 bridgehead atoms. The van der Waals surface area contributed by atoms with Gasteiger partial charge in [-0.3, -0.25) is 0 Å². The molecule has 49 heteroatoms. The molecule has 0 aromatic rings. The molecule has 686 valence electrons. The monoisotopic (exact) mass is 1730 g/mol. The van der Waals surface area contributed by atoms with Crippen molar-refractivity contribution < 1.29 is 205 Å². The van der Waals surface area contributed by atoms with E-state index in [1.165, 1.54) is 85.1 Å². The molecule has 0 radical (unpaired) electrons. The quantitative estimate of drug-likeness (QED) is 0.0199. The van der Waals surface area contributed by atoms with Crippen molar-refractivity contribution in [1.29, 1.82) is 0 Å². The second-order valence-corrected chi connectivity index (χ2v) is 27.4. The third kappa shape index (κ3) is 27.9. The van der Waals surface area contributed by atoms with Crippen molar-refractivity contribution in [2.45, 2.75) is 215 Å². The molecule has 35 atom stereocenters. The average Bonchev–Trinajstić information content (AvgIpc) is 0.808. The smallest absolute Gasteiger partial charge is 0.187 e. The first-order valence-corrected chi connectivity index (χ1v) is 38.2. The van der Waals surface area contributed by atoms with E-state index in [2.05, 4.69) is 33.9 Å². The Bertz CT molecular complexity index is 2450. The van der Waals surface area contributed by atoms with Gasteiger partial charge in [-0.2, -0.15) is 0 Å². The van der Waals surface area contributed by atoms with Gasteiger partial charge in [-0.25, -0.2) is 41.3 Å². The van der Waals surface area contributed by atoms with Gasteiger partial charge in [0.15, 0.2) is 44.0 Å². The molecule has 0 aliphatic carbocycles. The lowest BCUT2D eigenvalue weighted by Crippen LogP contribution is -2.69. The van der Waals surface area contributed by atoms with Crippen LogP contribution in [0.5, 0.6) is 0 Å². The Kier molecular flexibility index (Phi) is 45.9. The first-order valence-electron chi connectivity index (χ1n) is 38.2. The van der Waals surface area contributed by atoms with Crippen molar-refractivity contribution >= 4 is 0 Å². The maximum absolute atomic E-state index is 12.7. The van der Waals surface area contributed by atoms with E-state index in [9.17, 15) is 71.5 Å². The minimum Gasteiger partial charge on any atom is -0.394 e. The van der Waals surface area contributed by atoms with Crippen molar-refractivity contribution in [3.05, 3.63) is 85.1 Å². The molecule has 0 aromatic heterocycles. The summed E-state index contributed by atoms with van der Waals surface area (Å²) in [5, 5.41) is 168. The summed E-state index contributed by atoms with van der Waals surface area (Å²) >= 11 is 0. The lowest BCUT2D eigenvalue weighted by atomic mass is 9.95. The normalized spacial score (nSPS) is 40.5. The van der Waals surface area contributed by atoms with Gasteiger partial charge in [0.2, 0.25) is 0 Å². The fourth-order valence-corrected chi connectivity index (χ4v) is 14.1. The molecule has 0 saturated carbocycles. The molecule has 0 amide bonds. The summed E-state index contributed by atoms with van der Waals surface area (Å²) < 4.78 is 134. The fraction of sp³-hybridized carbons (Fsp3) is 0.800. The molecule has 28 N–H and O–H groups in total. The summed E-state index contributed by atoms with van der Waals surface area (Å²) in [6.07, 6.45) is -44.9. The van der Waals surface area contributed by atoms with Gasteiger partial charge >= 0.3 is 0 Å². The molecule has 15 aliphatic rings. The van der Waals surface area contributed by atoms with Crippen LogP contribution in [0.25, 0.3) is 0 Å². The number of rotatable bonds is 42. The van der Waals surface area contributed by atoms with Crippen LogP contribution in [-0.2, 0) is 133 Å². The maximum Gasteiger partial charge on any atom is 0.187 e. The molecule has 0 spiro atoms. The average molecular weight is 1730 g/mol. The van der Waals surface area contributed by atoms with Gasteiger partial charge in [0.25, 0.3) is 0 Å². The summed E-state index contributed by atoms with van der Waals surface area (Å²) in [4.78, 5) is 32.7. The Balaban J connectivity index is 1.28. The van der Waals surface area contributed by atoms with Crippen LogP contribution in [0.15, 0.2) is 85.1 Å². The van der Waals surface area contributed by atoms with Crippen molar-refractivity contribution in [3.8, 4) is 0 Å². The third-order valence-electron chi connectivity index (χ3n) is 19.8. The Morgan fingerprint density at radius 1 is 0.176 bits per heavy atom. The van der Waals surface area contributed by atoms with Gasteiger partial charge in [-0.05, 0) is 0 Å². The maximum atomic E-state index is 12.7. The first kappa shape index (κ1) is 101. The van der Waals surface area contributed by atoms with E-state index < -0.39 is 307 Å². The Morgan fingerprint density at radius 2 is 0.286 bits per heavy atom. The topological polar surface area (TPSA) is 724 Å². The number of nitrogens with two attached hydrogens (primary N) is 7. The van der Waals surface area contributed by atoms with Gasteiger partial charge < -0.3 is 205 Å². The Labute approximate surface area is 682 Å². The standard InChI is InChI=1S/C70H119N7O42/c71-99-22-8-1-15-92-57-43(85)50-36(29-78)106-64(57)113-51-37(30-79)107-66(58(44(51)86)93-16-2-9-23-100-72)115-53-39(32-81)109-68(60(46(53)88)95-18-4-11-25-102-74)117-55-41(34-83)111-70(62(48(55)90)97-20-6-13-27-104-76)119-56-42(35-84)112-69(63(49(56)91)98-21-7-14-28-105-77)118-54-40(33-82)110-67(61(47(54)89)96-19-5-12-26-103-75)116-52-38(31-80)108-65(114-50)59(45(52)87)94-17-3-10-24-101-73/h1-14,36-70,78-91H,15-35,71-77H2/b8-1+,9-2+,10-3+,11-4+,12-5+,13-6+,14-7+/t36-,37-,38-,39-,40-,41-,42-,43-,44-,45+,46+,47+,48+,49+,50-,51-,52-,53-,54-,55-,56-,57-,58-,59-,60-,61-,62-,63-,64-,65-,66-,67-,68-,69-,70-/m1/s1. The highest BCUT2D eigenvalue weighted by molar-refractivity contribution is 5.05. The van der Waals surface area contributed by atoms with Crippen molar-refractivity contribution in [3.63, 3.8) is 0 Å². The van der Waals surface area contributed by atoms with Gasteiger partial charge in [0.1, 0.15) is 171 Å². The zero-order valence-corrected chi connectivity index (χ0v) is 64.9. The number of aliphatic hydroxyl groups is 14. The molecule has 0 aromatic carbocycles. The summed E-state index contributed by atoms with van der Waals surface area (Å²) in [6.45, 7) is -10.8. The number of fused-ring (bicyclic) bond motifs is 7. The molecule has 15 saturated heterocycles. The molecule has 15 rings (SSSR count). The molecule has 15 heterocycles. The molecule has 119 heavy (non-hydrogen) atoms. The van der Waals surface area contributed by atoms with Gasteiger partial charge in [-0.15, -0.1) is 0 Å². The van der Waals surface area contributed by atoms with Crippen LogP contribution in [0.1, 0.15) is 0 Å². The van der Waals surface area contributed by atoms with Crippen LogP contribution in [-0.4, -0.2) is 425 Å². The Hall–Kier alpha value is -3.78. The summed E-state index contributed by atoms with van der Waals surface area (Å²) in [5.74, 6) is 37.0. The highest BCUT2D eigenvalue weighted by atomic mass is 16.8. The zero-order chi connectivity index (χ0) is 85.8. The van der Waals surface area contributed by atoms with Crippen molar-refractivity contribution in [2.24, 2.45) is 41.3 Å². The SMILES string of the molecule is NOC/C=C/CO[C@H]1[C@H]2O[C@H]3[C@H](O)[C@@H](OC/C=C/CON)[C@@H](O[C@H]4[C@H](O)[C@@H](OC/C=C/CON)[C@@H](O[C@H]5[C@@H](O)[C@@H](OC/C=C/CON)[C@@H](O[C@H]6[C@@H](O)[C@@H](OC/C=C/CON)[C@@H](O[C@H]7[C@H](O)[C@@H](OC/C=C/CON)[C@@H](O[C@H]8[C@H](O)[C@@H](OC/C=C/CON)[C@@H](O[C@@H]([C@@H]1O)[C@@H](CO)O2)O[C@@H]8CO)O[C@@H]7CO)O[C@@H]6CO)O[C@@H]5CO)O[C@@H]4CO)O[C@@H]3CO. The van der Waals surface area contributed by atoms with Crippen LogP contribution < -0.4 is 41.3 Å². The zero-order valence-electron chi connectivity index (χ0n) is 64.9. The summed E-state index contributed by atoms with van der Waals surface area (Å²) in [7, 11) is 0. The number of ether oxygens (including phenoxy) is 21. The van der Waals surface area contributed by atoms with Crippen LogP contribution in [0, 0.1) is 0 Å². The lowest BCUT2D eigenvalue weighted by Gasteiger charge is -2.51. The van der Waals surface area contributed by atoms with E-state index in [1.54, 1.807) is 0 Å². The Morgan fingerprint density at radius 3 is 0.387 bits per heavy atom. The predicted molar refractivity (Wildman–Crippen MR) is 390 cm³/mol. The lowest BCUT2D eigenvalue weighted by molar-refractivity contribution is -0.401. The summed E-state index contributed by atoms with van der Waals surface area (Å²) in [6, 6.07) is 0. The van der Waals surface area contributed by atoms with Gasteiger partial charge in [-0.1, -0.05) is 85.1 Å². The largest absolute Gasteiger partial charge is 0.394 e. The first-order chi connectivity index (χ1) is 57.9. The van der Waals surface area contributed by atoms with Crippen LogP contribution in [0.2, 0.25) is 0 Å². The number of aliphatic hydroxyl groups excluding tert-OH is 14. The van der Waals surface area contributed by atoms with E-state index in [4.69, 9.17) is 141 Å². The molecule has 49 nitrogen and oxygen atoms in total. The van der Waals surface area contributed by atoms with Gasteiger partial charge in [0, 0.05) is 0 Å². The van der Waals surface area contributed by atoms with Crippen molar-refractivity contribution in [2.75, 3.05) is 139 Å². The molecule has 15 fully saturated rings. The highest BCUT2D eigenvalue weighted by Crippen LogP contribution is 2.42. The highest BCUT2D eigenvalue weighted by Gasteiger charge is 2.61. The molecular formula is C70H119N7O42. The second kappa shape index (κ2) is 54.3. The summed E-state index contributed by atoms with van der Waals surface area (Å²) in [5.41, 5.74) is 0. The van der Waals surface area contributed by atoms with E-state index >= 15 is 0 Å². The third-order valence-corrected chi connectivity index (χ3v) is 19.8. The van der Waals surface area contributed by atoms with Crippen molar-refractivity contribution in [1.82, 2.24) is 0 Å². The predicted octanol–water partition coefficient (Wildman–Crippen LogP) is -11.9. The van der Waals surface area contributed by atoms with Crippen LogP contribution in [0.4, 0.5) is 0 Å². The van der Waals surface area contributed by atoms with Crippen LogP contribution >= 0.6 is 0 Å². The van der Waals surface area contributed by atoms with E-state index in [-0.39, 0.29) is 46.2 Å². The van der Waals surface area contributed by atoms with E-state index in [0.717, 1.165) is 0 Å². The fourth-order valence-electron chi connectivity index (χ4n) is 14.1. The second-order valence-electron chi connectivity index (χ2n) is 27.4. The van der Waals surface area contributed by atoms with Gasteiger partial charge in [0.05, 0.1) is 139 Å². The minimum absolute atomic E-state index is 0.128. The van der Waals surface area contributed by atoms with Crippen LogP contribution in [0.3, 0.4) is 0 Å².